The van der Waals surface area contributed by atoms with Crippen molar-refractivity contribution in [2.75, 3.05) is 25.9 Å². The Balaban J connectivity index is 1.90. The fraction of sp³-hybridized carbons (Fsp3) is 0.667. The van der Waals surface area contributed by atoms with Crippen LogP contribution in [0, 0.1) is 11.8 Å². The van der Waals surface area contributed by atoms with Gasteiger partial charge in [0, 0.05) is 23.1 Å². The lowest BCUT2D eigenvalue weighted by Gasteiger charge is -2.24. The Morgan fingerprint density at radius 1 is 1.29 bits per heavy atom. The van der Waals surface area contributed by atoms with Gasteiger partial charge in [0.15, 0.2) is 0 Å². The quantitative estimate of drug-likeness (QED) is 0.741. The van der Waals surface area contributed by atoms with Gasteiger partial charge in [0.05, 0.1) is 0 Å². The second-order valence-corrected chi connectivity index (χ2v) is 7.81. The van der Waals surface area contributed by atoms with Crippen LogP contribution in [0.1, 0.15) is 33.6 Å². The largest absolute Gasteiger partial charge is 0.490 e. The summed E-state index contributed by atoms with van der Waals surface area (Å²) in [4.78, 5) is 3.75. The van der Waals surface area contributed by atoms with E-state index in [2.05, 4.69) is 57.0 Å². The molecule has 0 aliphatic carbocycles. The molecule has 1 fully saturated rings. The Morgan fingerprint density at radius 2 is 2.00 bits per heavy atom. The van der Waals surface area contributed by atoms with E-state index in [-0.39, 0.29) is 0 Å². The predicted octanol–water partition coefficient (Wildman–Crippen LogP) is 4.54. The minimum Gasteiger partial charge on any atom is -0.490 e. The summed E-state index contributed by atoms with van der Waals surface area (Å²) in [5, 5.41) is 0. The summed E-state index contributed by atoms with van der Waals surface area (Å²) in [5.41, 5.74) is 0. The fourth-order valence-corrected chi connectivity index (χ4v) is 3.63. The van der Waals surface area contributed by atoms with E-state index in [1.807, 2.05) is 11.8 Å². The summed E-state index contributed by atoms with van der Waals surface area (Å²) in [5.74, 6) is 3.51. The lowest BCUT2D eigenvalue weighted by Crippen LogP contribution is -2.30. The molecular formula is C18H29NOS. The molecule has 1 saturated heterocycles. The van der Waals surface area contributed by atoms with Crippen molar-refractivity contribution < 1.29 is 4.74 Å². The van der Waals surface area contributed by atoms with Crippen molar-refractivity contribution in [3.8, 4) is 5.75 Å². The van der Waals surface area contributed by atoms with E-state index in [1.165, 1.54) is 23.6 Å². The second kappa shape index (κ2) is 8.09. The highest BCUT2D eigenvalue weighted by molar-refractivity contribution is 7.99. The Labute approximate surface area is 134 Å². The first-order chi connectivity index (χ1) is 10.0. The van der Waals surface area contributed by atoms with Gasteiger partial charge in [-0.25, -0.2) is 0 Å². The summed E-state index contributed by atoms with van der Waals surface area (Å²) in [6, 6.07) is 8.64. The molecule has 0 aromatic heterocycles. The Kier molecular flexibility index (Phi) is 6.43. The molecule has 1 aliphatic rings. The molecule has 0 radical (unpaired) electrons. The Bertz CT molecular complexity index is 418. The molecule has 0 spiro atoms. The minimum absolute atomic E-state index is 0.351. The van der Waals surface area contributed by atoms with Gasteiger partial charge in [-0.2, -0.15) is 0 Å². The van der Waals surface area contributed by atoms with Gasteiger partial charge in [0.25, 0.3) is 0 Å². The fourth-order valence-electron chi connectivity index (χ4n) is 2.77. The highest BCUT2D eigenvalue weighted by Crippen LogP contribution is 2.26. The van der Waals surface area contributed by atoms with E-state index < -0.39 is 0 Å². The van der Waals surface area contributed by atoms with Gasteiger partial charge in [-0.15, -0.1) is 11.8 Å². The summed E-state index contributed by atoms with van der Waals surface area (Å²) < 4.78 is 6.24. The number of likely N-dealkylation sites (tertiary alicyclic amines) is 1. The van der Waals surface area contributed by atoms with Crippen molar-refractivity contribution in [3.63, 3.8) is 0 Å². The summed E-state index contributed by atoms with van der Waals surface area (Å²) >= 11 is 1.93. The molecule has 0 saturated carbocycles. The maximum atomic E-state index is 6.24. The second-order valence-electron chi connectivity index (χ2n) is 6.71. The predicted molar refractivity (Wildman–Crippen MR) is 92.3 cm³/mol. The molecular weight excluding hydrogens is 278 g/mol. The molecule has 1 aliphatic heterocycles. The SMILES string of the molecule is CC(C)CSc1ccc(OC2CCCN(C)CC2C)cc1. The molecule has 1 aromatic carbocycles. The van der Waals surface area contributed by atoms with Crippen molar-refractivity contribution in [1.29, 1.82) is 0 Å². The molecule has 1 heterocycles. The van der Waals surface area contributed by atoms with Crippen LogP contribution >= 0.6 is 11.8 Å². The van der Waals surface area contributed by atoms with Gasteiger partial charge in [-0.3, -0.25) is 0 Å². The smallest absolute Gasteiger partial charge is 0.119 e. The maximum absolute atomic E-state index is 6.24. The van der Waals surface area contributed by atoms with E-state index in [0.717, 1.165) is 24.6 Å². The van der Waals surface area contributed by atoms with Gasteiger partial charge >= 0.3 is 0 Å². The van der Waals surface area contributed by atoms with Crippen LogP contribution in [0.15, 0.2) is 29.2 Å². The lowest BCUT2D eigenvalue weighted by molar-refractivity contribution is 0.131. The van der Waals surface area contributed by atoms with Crippen molar-refractivity contribution in [1.82, 2.24) is 4.90 Å². The van der Waals surface area contributed by atoms with E-state index >= 15 is 0 Å². The third kappa shape index (κ3) is 5.55. The average Bonchev–Trinajstić information content (AvgIpc) is 2.59. The normalized spacial score (nSPS) is 24.0. The van der Waals surface area contributed by atoms with Gasteiger partial charge in [0.1, 0.15) is 11.9 Å². The summed E-state index contributed by atoms with van der Waals surface area (Å²) in [7, 11) is 2.21. The van der Waals surface area contributed by atoms with Crippen molar-refractivity contribution in [2.24, 2.45) is 11.8 Å². The van der Waals surface area contributed by atoms with Crippen LogP contribution < -0.4 is 4.74 Å². The van der Waals surface area contributed by atoms with Gasteiger partial charge in [-0.05, 0) is 56.6 Å². The number of hydrogen-bond acceptors (Lipinski definition) is 3. The maximum Gasteiger partial charge on any atom is 0.119 e. The topological polar surface area (TPSA) is 12.5 Å². The first-order valence-corrected chi connectivity index (χ1v) is 9.11. The van der Waals surface area contributed by atoms with Crippen LogP contribution in [-0.2, 0) is 0 Å². The highest BCUT2D eigenvalue weighted by atomic mass is 32.2. The molecule has 2 atom stereocenters. The van der Waals surface area contributed by atoms with E-state index in [4.69, 9.17) is 4.74 Å². The Hall–Kier alpha value is -0.670. The van der Waals surface area contributed by atoms with E-state index in [0.29, 0.717) is 12.0 Å². The van der Waals surface area contributed by atoms with Crippen LogP contribution in [-0.4, -0.2) is 36.9 Å². The van der Waals surface area contributed by atoms with Crippen molar-refractivity contribution >= 4 is 11.8 Å². The zero-order valence-electron chi connectivity index (χ0n) is 13.8. The molecule has 2 rings (SSSR count). The number of thioether (sulfide) groups is 1. The first kappa shape index (κ1) is 16.7. The zero-order chi connectivity index (χ0) is 15.2. The molecule has 3 heteroatoms. The monoisotopic (exact) mass is 307 g/mol. The van der Waals surface area contributed by atoms with Gasteiger partial charge in [0.2, 0.25) is 0 Å². The molecule has 0 bridgehead atoms. The molecule has 118 valence electrons. The first-order valence-electron chi connectivity index (χ1n) is 8.12. The minimum atomic E-state index is 0.351. The van der Waals surface area contributed by atoms with Crippen LogP contribution in [0.3, 0.4) is 0 Å². The number of nitrogens with zero attached hydrogens (tertiary/aromatic N) is 1. The van der Waals surface area contributed by atoms with Crippen LogP contribution in [0.4, 0.5) is 0 Å². The van der Waals surface area contributed by atoms with Crippen molar-refractivity contribution in [2.45, 2.75) is 44.6 Å². The molecule has 0 amide bonds. The molecule has 0 N–H and O–H groups in total. The van der Waals surface area contributed by atoms with Crippen molar-refractivity contribution in [3.05, 3.63) is 24.3 Å². The highest BCUT2D eigenvalue weighted by Gasteiger charge is 2.23. The van der Waals surface area contributed by atoms with Gasteiger partial charge < -0.3 is 9.64 Å². The Morgan fingerprint density at radius 3 is 2.67 bits per heavy atom. The van der Waals surface area contributed by atoms with Crippen LogP contribution in [0.5, 0.6) is 5.75 Å². The standard InChI is InChI=1S/C18H29NOS/c1-14(2)13-21-17-9-7-16(8-10-17)20-18-6-5-11-19(4)12-15(18)3/h7-10,14-15,18H,5-6,11-13H2,1-4H3. The summed E-state index contributed by atoms with van der Waals surface area (Å²) in [6.45, 7) is 9.14. The molecule has 1 aromatic rings. The number of ether oxygens (including phenoxy) is 1. The average molecular weight is 308 g/mol. The number of benzene rings is 1. The number of rotatable bonds is 5. The zero-order valence-corrected chi connectivity index (χ0v) is 14.7. The lowest BCUT2D eigenvalue weighted by atomic mass is 10.0. The van der Waals surface area contributed by atoms with Crippen LogP contribution in [0.25, 0.3) is 0 Å². The van der Waals surface area contributed by atoms with Gasteiger partial charge in [-0.1, -0.05) is 20.8 Å². The van der Waals surface area contributed by atoms with E-state index in [9.17, 15) is 0 Å². The van der Waals surface area contributed by atoms with E-state index in [1.54, 1.807) is 0 Å². The number of hydrogen-bond donors (Lipinski definition) is 0. The molecule has 2 unspecified atom stereocenters. The summed E-state index contributed by atoms with van der Waals surface area (Å²) in [6.07, 6.45) is 2.74. The molecule has 2 nitrogen and oxygen atoms in total. The third-order valence-electron chi connectivity index (χ3n) is 3.96. The molecule has 21 heavy (non-hydrogen) atoms. The van der Waals surface area contributed by atoms with Crippen LogP contribution in [0.2, 0.25) is 0 Å². The third-order valence-corrected chi connectivity index (χ3v) is 5.40.